The number of aromatic nitrogens is 3. The van der Waals surface area contributed by atoms with E-state index in [2.05, 4.69) is 149 Å². The monoisotopic (exact) mass is 585 g/mol. The van der Waals surface area contributed by atoms with Gasteiger partial charge in [0.05, 0.1) is 24.5 Å². The maximum absolute atomic E-state index is 5.79. The molecule has 0 unspecified atom stereocenters. The molecule has 0 aliphatic rings. The summed E-state index contributed by atoms with van der Waals surface area (Å²) in [7, 11) is 0. The lowest BCUT2D eigenvalue weighted by atomic mass is 9.89. The van der Waals surface area contributed by atoms with Crippen LogP contribution in [0.25, 0.3) is 87.8 Å². The van der Waals surface area contributed by atoms with E-state index in [1.54, 1.807) is 0 Å². The van der Waals surface area contributed by atoms with Crippen LogP contribution < -0.4 is 0 Å². The van der Waals surface area contributed by atoms with Gasteiger partial charge in [0.25, 0.3) is 0 Å². The summed E-state index contributed by atoms with van der Waals surface area (Å²) < 4.78 is 4.27. The van der Waals surface area contributed by atoms with Gasteiger partial charge in [-0.15, -0.1) is 12.8 Å². The average molecular weight is 586 g/mol. The van der Waals surface area contributed by atoms with Crippen molar-refractivity contribution in [2.24, 2.45) is 0 Å². The van der Waals surface area contributed by atoms with Crippen molar-refractivity contribution in [1.82, 2.24) is 14.1 Å². The van der Waals surface area contributed by atoms with Crippen molar-refractivity contribution in [2.45, 2.75) is 13.1 Å². The molecule has 0 radical (unpaired) electrons. The number of hydrogen-bond acceptors (Lipinski definition) is 1. The van der Waals surface area contributed by atoms with Gasteiger partial charge >= 0.3 is 0 Å². The zero-order valence-electron chi connectivity index (χ0n) is 25.0. The van der Waals surface area contributed by atoms with Crippen molar-refractivity contribution in [2.75, 3.05) is 0 Å². The minimum Gasteiger partial charge on any atom is -0.335 e. The van der Waals surface area contributed by atoms with Crippen LogP contribution in [0.3, 0.4) is 0 Å². The maximum atomic E-state index is 5.79. The first-order valence-electron chi connectivity index (χ1n) is 15.4. The van der Waals surface area contributed by atoms with Crippen LogP contribution in [0.2, 0.25) is 0 Å². The molecule has 9 rings (SSSR count). The van der Waals surface area contributed by atoms with E-state index in [-0.39, 0.29) is 0 Å². The third-order valence-corrected chi connectivity index (χ3v) is 9.32. The normalized spacial score (nSPS) is 11.6. The number of terminal acetylenes is 2. The summed E-state index contributed by atoms with van der Waals surface area (Å²) in [6.45, 7) is 0.976. The number of hydrogen-bond donors (Lipinski definition) is 0. The summed E-state index contributed by atoms with van der Waals surface area (Å²) in [6, 6.07) is 41.3. The fraction of sp³-hybridized carbons (Fsp3) is 0.0465. The van der Waals surface area contributed by atoms with Crippen LogP contribution in [0, 0.1) is 24.7 Å². The predicted molar refractivity (Wildman–Crippen MR) is 193 cm³/mol. The maximum Gasteiger partial charge on any atom is 0.0835 e. The highest BCUT2D eigenvalue weighted by Crippen LogP contribution is 2.42. The van der Waals surface area contributed by atoms with Crippen molar-refractivity contribution in [1.29, 1.82) is 0 Å². The van der Waals surface area contributed by atoms with E-state index < -0.39 is 0 Å². The van der Waals surface area contributed by atoms with Crippen LogP contribution in [-0.4, -0.2) is 14.1 Å². The molecule has 3 nitrogen and oxygen atoms in total. The number of para-hydroxylation sites is 2. The van der Waals surface area contributed by atoms with Gasteiger partial charge < -0.3 is 9.13 Å². The third-order valence-electron chi connectivity index (χ3n) is 9.32. The SMILES string of the molecule is C#CCn1cc(-c2cc(-c3ccc4ccc5cccc6ccc3c4c56)cc(-c3cn(CC#C)c4ccccc34)n2)c2ccccc21. The van der Waals surface area contributed by atoms with Crippen molar-refractivity contribution < 1.29 is 0 Å². The summed E-state index contributed by atoms with van der Waals surface area (Å²) in [5.41, 5.74) is 8.39. The van der Waals surface area contributed by atoms with Crippen molar-refractivity contribution in [3.8, 4) is 58.3 Å². The summed E-state index contributed by atoms with van der Waals surface area (Å²) in [5, 5.41) is 9.84. The summed E-state index contributed by atoms with van der Waals surface area (Å²) in [5.74, 6) is 5.64. The zero-order valence-corrected chi connectivity index (χ0v) is 25.0. The first kappa shape index (κ1) is 26.1. The minimum atomic E-state index is 0.488. The molecule has 9 aromatic rings. The third kappa shape index (κ3) is 3.86. The van der Waals surface area contributed by atoms with Gasteiger partial charge in [0, 0.05) is 45.3 Å². The van der Waals surface area contributed by atoms with Gasteiger partial charge in [0.1, 0.15) is 0 Å². The van der Waals surface area contributed by atoms with Crippen molar-refractivity contribution >= 4 is 54.1 Å². The molecule has 0 bridgehead atoms. The highest BCUT2D eigenvalue weighted by atomic mass is 15.0. The summed E-state index contributed by atoms with van der Waals surface area (Å²) in [6.07, 6.45) is 15.9. The second-order valence-corrected chi connectivity index (χ2v) is 11.9. The fourth-order valence-electron chi connectivity index (χ4n) is 7.31. The topological polar surface area (TPSA) is 22.8 Å². The second-order valence-electron chi connectivity index (χ2n) is 11.9. The van der Waals surface area contributed by atoms with Crippen molar-refractivity contribution in [3.05, 3.63) is 128 Å². The van der Waals surface area contributed by atoms with Crippen molar-refractivity contribution in [3.63, 3.8) is 0 Å². The zero-order chi connectivity index (χ0) is 30.8. The Hall–Kier alpha value is -6.29. The lowest BCUT2D eigenvalue weighted by Gasteiger charge is -2.15. The molecule has 3 heterocycles. The molecule has 0 atom stereocenters. The lowest BCUT2D eigenvalue weighted by molar-refractivity contribution is 0.886. The Labute approximate surface area is 266 Å². The van der Waals surface area contributed by atoms with Crippen LogP contribution in [0.1, 0.15) is 0 Å². The smallest absolute Gasteiger partial charge is 0.0835 e. The van der Waals surface area contributed by atoms with Gasteiger partial charge in [0.2, 0.25) is 0 Å². The van der Waals surface area contributed by atoms with Crippen LogP contribution in [0.5, 0.6) is 0 Å². The molecular formula is C43H27N3. The molecule has 0 saturated heterocycles. The number of fused-ring (bicyclic) bond motifs is 2. The van der Waals surface area contributed by atoms with E-state index in [1.165, 1.54) is 37.9 Å². The van der Waals surface area contributed by atoms with Gasteiger partial charge in [-0.05, 0) is 67.7 Å². The standard InChI is InChI=1S/C43H27N3/c1-3-22-45-26-36(33-12-5-7-14-40(33)45)38-24-31(25-39(44-38)37-27-46(23-4-2)41-15-8-6-13-34(37)41)32-20-18-30-17-16-28-10-9-11-29-19-21-35(32)43(30)42(28)29/h1-2,5-21,24-27H,22-23H2. The first-order valence-corrected chi connectivity index (χ1v) is 15.4. The highest BCUT2D eigenvalue weighted by molar-refractivity contribution is 6.25. The molecule has 214 valence electrons. The first-order chi connectivity index (χ1) is 22.7. The van der Waals surface area contributed by atoms with E-state index in [4.69, 9.17) is 17.8 Å². The number of nitrogens with zero attached hydrogens (tertiary/aromatic N) is 3. The Morgan fingerprint density at radius 3 is 1.61 bits per heavy atom. The molecule has 6 aromatic carbocycles. The molecule has 0 saturated carbocycles. The quantitative estimate of drug-likeness (QED) is 0.146. The number of pyridine rings is 1. The van der Waals surface area contributed by atoms with Gasteiger partial charge in [-0.2, -0.15) is 0 Å². The van der Waals surface area contributed by atoms with Crippen LogP contribution in [0.15, 0.2) is 128 Å². The molecular weight excluding hydrogens is 558 g/mol. The highest BCUT2D eigenvalue weighted by Gasteiger charge is 2.19. The molecule has 0 amide bonds. The van der Waals surface area contributed by atoms with Gasteiger partial charge in [0.15, 0.2) is 0 Å². The Balaban J connectivity index is 1.36. The Morgan fingerprint density at radius 1 is 0.500 bits per heavy atom. The molecule has 0 fully saturated rings. The van der Waals surface area contributed by atoms with Crippen LogP contribution in [0.4, 0.5) is 0 Å². The fourth-order valence-corrected chi connectivity index (χ4v) is 7.31. The van der Waals surface area contributed by atoms with Gasteiger partial charge in [-0.3, -0.25) is 0 Å². The number of rotatable bonds is 5. The number of benzene rings is 6. The molecule has 3 aromatic heterocycles. The van der Waals surface area contributed by atoms with E-state index in [1.807, 2.05) is 0 Å². The van der Waals surface area contributed by atoms with E-state index >= 15 is 0 Å². The van der Waals surface area contributed by atoms with Crippen LogP contribution in [-0.2, 0) is 13.1 Å². The predicted octanol–water partition coefficient (Wildman–Crippen LogP) is 10.2. The molecule has 46 heavy (non-hydrogen) atoms. The molecule has 0 aliphatic carbocycles. The minimum absolute atomic E-state index is 0.488. The lowest BCUT2D eigenvalue weighted by Crippen LogP contribution is -1.94. The molecule has 3 heteroatoms. The van der Waals surface area contributed by atoms with Crippen LogP contribution >= 0.6 is 0 Å². The molecule has 0 N–H and O–H groups in total. The van der Waals surface area contributed by atoms with Gasteiger partial charge in [-0.25, -0.2) is 4.98 Å². The summed E-state index contributed by atoms with van der Waals surface area (Å²) in [4.78, 5) is 5.38. The second kappa shape index (κ2) is 10.1. The van der Waals surface area contributed by atoms with E-state index in [0.717, 1.165) is 49.9 Å². The largest absolute Gasteiger partial charge is 0.335 e. The van der Waals surface area contributed by atoms with E-state index in [9.17, 15) is 0 Å². The Bertz CT molecular complexity index is 2600. The molecule has 0 spiro atoms. The molecule has 0 aliphatic heterocycles. The Kier molecular flexibility index (Phi) is 5.76. The van der Waals surface area contributed by atoms with Gasteiger partial charge in [-0.1, -0.05) is 103 Å². The Morgan fingerprint density at radius 2 is 1.02 bits per heavy atom. The summed E-state index contributed by atoms with van der Waals surface area (Å²) >= 11 is 0. The average Bonchev–Trinajstić information content (AvgIpc) is 3.66. The van der Waals surface area contributed by atoms with E-state index in [0.29, 0.717) is 13.1 Å².